The fourth-order valence-electron chi connectivity index (χ4n) is 2.77. The molecule has 1 aliphatic rings. The van der Waals surface area contributed by atoms with E-state index in [4.69, 9.17) is 10.3 Å². The highest BCUT2D eigenvalue weighted by Crippen LogP contribution is 2.34. The summed E-state index contributed by atoms with van der Waals surface area (Å²) in [6, 6.07) is 0. The van der Waals surface area contributed by atoms with Crippen molar-refractivity contribution in [1.82, 2.24) is 24.2 Å². The Kier molecular flexibility index (Phi) is 4.13. The van der Waals surface area contributed by atoms with Gasteiger partial charge in [-0.1, -0.05) is 5.16 Å². The van der Waals surface area contributed by atoms with E-state index in [-0.39, 0.29) is 23.9 Å². The second kappa shape index (κ2) is 5.98. The van der Waals surface area contributed by atoms with E-state index in [0.29, 0.717) is 12.4 Å². The van der Waals surface area contributed by atoms with Gasteiger partial charge in [0.1, 0.15) is 4.90 Å². The molecule has 1 aliphatic heterocycles. The second-order valence-corrected chi connectivity index (χ2v) is 7.59. The number of primary amides is 1. The van der Waals surface area contributed by atoms with E-state index in [2.05, 4.69) is 15.2 Å². The molecule has 3 heterocycles. The Morgan fingerprint density at radius 1 is 1.46 bits per heavy atom. The molecule has 2 atom stereocenters. The van der Waals surface area contributed by atoms with Crippen LogP contribution >= 0.6 is 0 Å². The van der Waals surface area contributed by atoms with E-state index in [1.54, 1.807) is 6.92 Å². The van der Waals surface area contributed by atoms with Gasteiger partial charge in [0.15, 0.2) is 5.82 Å². The number of nitrogens with two attached hydrogens (primary N) is 1. The third-order valence-electron chi connectivity index (χ3n) is 4.08. The number of carbonyl (C=O) groups is 1. The van der Waals surface area contributed by atoms with E-state index in [1.165, 1.54) is 21.4 Å². The van der Waals surface area contributed by atoms with Crippen LogP contribution in [0.1, 0.15) is 24.6 Å². The summed E-state index contributed by atoms with van der Waals surface area (Å²) in [4.78, 5) is 15.9. The average molecular weight is 354 g/mol. The molecule has 2 N–H and O–H groups in total. The predicted molar refractivity (Wildman–Crippen MR) is 81.1 cm³/mol. The Morgan fingerprint density at radius 2 is 2.21 bits per heavy atom. The fourth-order valence-corrected chi connectivity index (χ4v) is 4.21. The Hall–Kier alpha value is -2.27. The van der Waals surface area contributed by atoms with E-state index >= 15 is 0 Å². The Balaban J connectivity index is 1.91. The van der Waals surface area contributed by atoms with Crippen LogP contribution in [0.2, 0.25) is 0 Å². The minimum Gasteiger partial charge on any atom is -0.369 e. The van der Waals surface area contributed by atoms with Crippen molar-refractivity contribution in [2.45, 2.75) is 31.2 Å². The van der Waals surface area contributed by atoms with Gasteiger partial charge in [-0.3, -0.25) is 9.48 Å². The van der Waals surface area contributed by atoms with Gasteiger partial charge in [-0.25, -0.2) is 8.42 Å². The summed E-state index contributed by atoms with van der Waals surface area (Å²) >= 11 is 0. The number of hydrogen-bond donors (Lipinski definition) is 1. The van der Waals surface area contributed by atoms with Crippen molar-refractivity contribution >= 4 is 15.9 Å². The van der Waals surface area contributed by atoms with Gasteiger partial charge in [0.05, 0.1) is 18.0 Å². The lowest BCUT2D eigenvalue weighted by atomic mass is 9.95. The van der Waals surface area contributed by atoms with E-state index in [1.807, 2.05) is 6.92 Å². The minimum atomic E-state index is -3.78. The highest BCUT2D eigenvalue weighted by atomic mass is 32.2. The first-order chi connectivity index (χ1) is 11.3. The number of amides is 1. The van der Waals surface area contributed by atoms with Gasteiger partial charge < -0.3 is 10.3 Å². The molecule has 11 heteroatoms. The van der Waals surface area contributed by atoms with Crippen molar-refractivity contribution in [3.8, 4) is 0 Å². The molecule has 1 saturated heterocycles. The van der Waals surface area contributed by atoms with Crippen LogP contribution in [0.4, 0.5) is 0 Å². The summed E-state index contributed by atoms with van der Waals surface area (Å²) in [6.45, 7) is 4.09. The van der Waals surface area contributed by atoms with Crippen LogP contribution in [0.3, 0.4) is 0 Å². The van der Waals surface area contributed by atoms with Gasteiger partial charge in [-0.2, -0.15) is 14.4 Å². The lowest BCUT2D eigenvalue weighted by Gasteiger charge is -2.14. The Morgan fingerprint density at radius 3 is 2.75 bits per heavy atom. The Bertz CT molecular complexity index is 857. The molecular formula is C13H18N6O4S. The fraction of sp³-hybridized carbons (Fsp3) is 0.538. The van der Waals surface area contributed by atoms with Crippen LogP contribution in [0, 0.1) is 12.8 Å². The van der Waals surface area contributed by atoms with Crippen molar-refractivity contribution in [1.29, 1.82) is 0 Å². The Labute approximate surface area is 138 Å². The second-order valence-electron chi connectivity index (χ2n) is 5.65. The largest absolute Gasteiger partial charge is 0.369 e. The first-order valence-corrected chi connectivity index (χ1v) is 8.89. The zero-order valence-corrected chi connectivity index (χ0v) is 14.1. The topological polar surface area (TPSA) is 137 Å². The monoisotopic (exact) mass is 354 g/mol. The number of rotatable bonds is 5. The molecule has 0 saturated carbocycles. The standard InChI is InChI=1S/C13H18N6O4S/c1-3-18-5-9(4-15-18)24(21,22)19-6-10(12(14)20)11(7-19)13-16-8(2)17-23-13/h4-5,10-11H,3,6-7H2,1-2H3,(H2,14,20)/t10-,11-/m1/s1. The maximum atomic E-state index is 12.8. The number of nitrogens with zero attached hydrogens (tertiary/aromatic N) is 5. The maximum absolute atomic E-state index is 12.8. The summed E-state index contributed by atoms with van der Waals surface area (Å²) in [5, 5.41) is 7.68. The molecule has 0 spiro atoms. The van der Waals surface area contributed by atoms with Crippen LogP contribution in [-0.2, 0) is 21.4 Å². The number of hydrogen-bond acceptors (Lipinski definition) is 7. The number of carbonyl (C=O) groups excluding carboxylic acids is 1. The van der Waals surface area contributed by atoms with Crippen molar-refractivity contribution in [2.75, 3.05) is 13.1 Å². The summed E-state index contributed by atoms with van der Waals surface area (Å²) in [7, 11) is -3.78. The van der Waals surface area contributed by atoms with Gasteiger partial charge in [0, 0.05) is 25.8 Å². The highest BCUT2D eigenvalue weighted by molar-refractivity contribution is 7.89. The first-order valence-electron chi connectivity index (χ1n) is 7.45. The molecule has 0 radical (unpaired) electrons. The minimum absolute atomic E-state index is 0.0267. The summed E-state index contributed by atoms with van der Waals surface area (Å²) in [5.74, 6) is -1.24. The van der Waals surface area contributed by atoms with Crippen LogP contribution in [0.25, 0.3) is 0 Å². The zero-order valence-electron chi connectivity index (χ0n) is 13.3. The molecule has 130 valence electrons. The van der Waals surface area contributed by atoms with Gasteiger partial charge in [0.2, 0.25) is 21.8 Å². The molecule has 1 fully saturated rings. The van der Waals surface area contributed by atoms with Gasteiger partial charge in [0.25, 0.3) is 0 Å². The number of sulfonamides is 1. The highest BCUT2D eigenvalue weighted by Gasteiger charge is 2.45. The number of aryl methyl sites for hydroxylation is 2. The van der Waals surface area contributed by atoms with Crippen molar-refractivity contribution in [2.24, 2.45) is 11.7 Å². The van der Waals surface area contributed by atoms with E-state index in [9.17, 15) is 13.2 Å². The van der Waals surface area contributed by atoms with Gasteiger partial charge in [-0.05, 0) is 13.8 Å². The van der Waals surface area contributed by atoms with Crippen LogP contribution < -0.4 is 5.73 Å². The average Bonchev–Trinajstić information content (AvgIpc) is 3.25. The number of aromatic nitrogens is 4. The lowest BCUT2D eigenvalue weighted by molar-refractivity contribution is -0.121. The van der Waals surface area contributed by atoms with Gasteiger partial charge >= 0.3 is 0 Å². The SMILES string of the molecule is CCn1cc(S(=O)(=O)N2C[C@@H](C(N)=O)[C@H](c3nc(C)no3)C2)cn1. The molecule has 0 bridgehead atoms. The quantitative estimate of drug-likeness (QED) is 0.763. The molecule has 0 aromatic carbocycles. The smallest absolute Gasteiger partial charge is 0.246 e. The molecule has 24 heavy (non-hydrogen) atoms. The normalized spacial score (nSPS) is 22.1. The molecule has 2 aromatic heterocycles. The summed E-state index contributed by atoms with van der Waals surface area (Å²) in [5.41, 5.74) is 5.44. The maximum Gasteiger partial charge on any atom is 0.246 e. The molecule has 2 aromatic rings. The van der Waals surface area contributed by atoms with Crippen molar-refractivity contribution in [3.63, 3.8) is 0 Å². The molecular weight excluding hydrogens is 336 g/mol. The molecule has 10 nitrogen and oxygen atoms in total. The molecule has 0 aliphatic carbocycles. The van der Waals surface area contributed by atoms with Crippen LogP contribution in [0.5, 0.6) is 0 Å². The zero-order chi connectivity index (χ0) is 17.5. The summed E-state index contributed by atoms with van der Waals surface area (Å²) in [6.07, 6.45) is 2.75. The molecule has 1 amide bonds. The molecule has 0 unspecified atom stereocenters. The predicted octanol–water partition coefficient (Wildman–Crippen LogP) is -0.516. The van der Waals surface area contributed by atoms with E-state index in [0.717, 1.165) is 0 Å². The first kappa shape index (κ1) is 16.6. The third-order valence-corrected chi connectivity index (χ3v) is 5.87. The lowest BCUT2D eigenvalue weighted by Crippen LogP contribution is -2.32. The third kappa shape index (κ3) is 2.80. The van der Waals surface area contributed by atoms with Gasteiger partial charge in [-0.15, -0.1) is 0 Å². The van der Waals surface area contributed by atoms with Crippen LogP contribution in [0.15, 0.2) is 21.8 Å². The summed E-state index contributed by atoms with van der Waals surface area (Å²) < 4.78 is 33.4. The van der Waals surface area contributed by atoms with E-state index < -0.39 is 27.8 Å². The molecule has 3 rings (SSSR count). The van der Waals surface area contributed by atoms with Crippen molar-refractivity contribution < 1.29 is 17.7 Å². The van der Waals surface area contributed by atoms with Crippen molar-refractivity contribution in [3.05, 3.63) is 24.1 Å². The van der Waals surface area contributed by atoms with Crippen LogP contribution in [-0.4, -0.2) is 51.6 Å².